The predicted octanol–water partition coefficient (Wildman–Crippen LogP) is 3.97. The van der Waals surface area contributed by atoms with E-state index in [1.165, 1.54) is 6.07 Å². The highest BCUT2D eigenvalue weighted by molar-refractivity contribution is 8.15. The summed E-state index contributed by atoms with van der Waals surface area (Å²) < 4.78 is 43.9. The van der Waals surface area contributed by atoms with Crippen molar-refractivity contribution in [3.63, 3.8) is 0 Å². The molecule has 0 saturated carbocycles. The van der Waals surface area contributed by atoms with Crippen molar-refractivity contribution in [3.05, 3.63) is 90.2 Å². The number of benzene rings is 3. The van der Waals surface area contributed by atoms with E-state index in [1.807, 2.05) is 40.1 Å². The molecule has 2 aliphatic heterocycles. The summed E-state index contributed by atoms with van der Waals surface area (Å²) in [7, 11) is -3.87. The van der Waals surface area contributed by atoms with Gasteiger partial charge in [-0.05, 0) is 29.8 Å². The zero-order valence-electron chi connectivity index (χ0n) is 19.5. The number of fused-ring (bicyclic) bond motifs is 1. The van der Waals surface area contributed by atoms with Crippen LogP contribution in [0.5, 0.6) is 0 Å². The molecular formula is C26H25FN4O3S2. The zero-order chi connectivity index (χ0) is 25.1. The Morgan fingerprint density at radius 1 is 0.861 bits per heavy atom. The Balaban J connectivity index is 1.29. The largest absolute Gasteiger partial charge is 0.366 e. The number of piperazine rings is 1. The van der Waals surface area contributed by atoms with Gasteiger partial charge in [-0.15, -0.1) is 4.40 Å². The Kier molecular flexibility index (Phi) is 6.97. The summed E-state index contributed by atoms with van der Waals surface area (Å²) in [4.78, 5) is 18.7. The fraction of sp³-hybridized carbons (Fsp3) is 0.231. The zero-order valence-corrected chi connectivity index (χ0v) is 21.1. The molecule has 0 aromatic heterocycles. The van der Waals surface area contributed by atoms with Gasteiger partial charge in [-0.1, -0.05) is 66.4 Å². The molecule has 36 heavy (non-hydrogen) atoms. The van der Waals surface area contributed by atoms with Gasteiger partial charge < -0.3 is 14.7 Å². The molecule has 3 aromatic rings. The highest BCUT2D eigenvalue weighted by Crippen LogP contribution is 2.35. The minimum atomic E-state index is -3.87. The van der Waals surface area contributed by atoms with Gasteiger partial charge in [0, 0.05) is 26.2 Å². The molecule has 0 spiro atoms. The fourth-order valence-electron chi connectivity index (χ4n) is 4.35. The van der Waals surface area contributed by atoms with Crippen LogP contribution in [-0.4, -0.2) is 56.3 Å². The molecule has 1 saturated heterocycles. The molecule has 0 bridgehead atoms. The lowest BCUT2D eigenvalue weighted by Gasteiger charge is -2.36. The van der Waals surface area contributed by atoms with Crippen LogP contribution in [-0.2, 0) is 21.4 Å². The summed E-state index contributed by atoms with van der Waals surface area (Å²) in [5, 5.41) is 0.274. The molecule has 0 radical (unpaired) electrons. The first-order valence-electron chi connectivity index (χ1n) is 11.6. The van der Waals surface area contributed by atoms with Gasteiger partial charge in [-0.3, -0.25) is 4.79 Å². The summed E-state index contributed by atoms with van der Waals surface area (Å²) in [6.45, 7) is 2.42. The number of hydrogen-bond acceptors (Lipinski definition) is 6. The first-order valence-corrected chi connectivity index (χ1v) is 14.0. The number of amides is 1. The SMILES string of the molecule is O=C(CSC1=NS(=O)(=O)c2ccccc2N1Cc1ccccc1)N1CCN(c2ccccc2F)CC1. The van der Waals surface area contributed by atoms with Gasteiger partial charge in [0.2, 0.25) is 5.91 Å². The van der Waals surface area contributed by atoms with Crippen LogP contribution in [0.2, 0.25) is 0 Å². The minimum absolute atomic E-state index is 0.0571. The predicted molar refractivity (Wildman–Crippen MR) is 141 cm³/mol. The maximum Gasteiger partial charge on any atom is 0.286 e. The summed E-state index contributed by atoms with van der Waals surface area (Å²) >= 11 is 1.12. The molecule has 2 aliphatic rings. The van der Waals surface area contributed by atoms with E-state index < -0.39 is 10.0 Å². The second-order valence-electron chi connectivity index (χ2n) is 8.50. The van der Waals surface area contributed by atoms with Crippen LogP contribution in [0.3, 0.4) is 0 Å². The molecule has 1 fully saturated rings. The number of amidine groups is 1. The normalized spacial score (nSPS) is 16.9. The molecule has 0 N–H and O–H groups in total. The summed E-state index contributed by atoms with van der Waals surface area (Å²) in [6, 6.07) is 23.1. The van der Waals surface area contributed by atoms with E-state index in [-0.39, 0.29) is 27.5 Å². The highest BCUT2D eigenvalue weighted by atomic mass is 32.2. The van der Waals surface area contributed by atoms with Crippen molar-refractivity contribution < 1.29 is 17.6 Å². The Bertz CT molecular complexity index is 1390. The Morgan fingerprint density at radius 3 is 2.22 bits per heavy atom. The lowest BCUT2D eigenvalue weighted by molar-refractivity contribution is -0.128. The molecule has 0 atom stereocenters. The van der Waals surface area contributed by atoms with Crippen LogP contribution in [0, 0.1) is 5.82 Å². The van der Waals surface area contributed by atoms with Gasteiger partial charge in [-0.25, -0.2) is 4.39 Å². The molecule has 5 rings (SSSR count). The Hall–Kier alpha value is -3.37. The van der Waals surface area contributed by atoms with Crippen molar-refractivity contribution in [3.8, 4) is 0 Å². The average molecular weight is 525 g/mol. The third-order valence-corrected chi connectivity index (χ3v) is 8.59. The van der Waals surface area contributed by atoms with Crippen LogP contribution in [0.15, 0.2) is 88.2 Å². The van der Waals surface area contributed by atoms with Gasteiger partial charge in [-0.2, -0.15) is 8.42 Å². The van der Waals surface area contributed by atoms with Crippen molar-refractivity contribution >= 4 is 44.2 Å². The van der Waals surface area contributed by atoms with Crippen molar-refractivity contribution in [2.75, 3.05) is 41.7 Å². The second-order valence-corrected chi connectivity index (χ2v) is 11.0. The van der Waals surface area contributed by atoms with E-state index in [0.29, 0.717) is 44.1 Å². The first-order chi connectivity index (χ1) is 17.4. The number of anilines is 2. The van der Waals surface area contributed by atoms with Crippen molar-refractivity contribution in [2.45, 2.75) is 11.4 Å². The van der Waals surface area contributed by atoms with Gasteiger partial charge in [0.1, 0.15) is 10.7 Å². The van der Waals surface area contributed by atoms with Crippen LogP contribution in [0.1, 0.15) is 5.56 Å². The number of rotatable bonds is 5. The summed E-state index contributed by atoms with van der Waals surface area (Å²) in [6.07, 6.45) is 0. The number of hydrogen-bond donors (Lipinski definition) is 0. The third-order valence-electron chi connectivity index (χ3n) is 6.20. The lowest BCUT2D eigenvalue weighted by atomic mass is 10.2. The van der Waals surface area contributed by atoms with E-state index in [4.69, 9.17) is 0 Å². The van der Waals surface area contributed by atoms with E-state index in [0.717, 1.165) is 17.3 Å². The highest BCUT2D eigenvalue weighted by Gasteiger charge is 2.32. The first kappa shape index (κ1) is 24.3. The van der Waals surface area contributed by atoms with Gasteiger partial charge >= 0.3 is 0 Å². The van der Waals surface area contributed by atoms with Crippen LogP contribution in [0.4, 0.5) is 15.8 Å². The topological polar surface area (TPSA) is 73.3 Å². The van der Waals surface area contributed by atoms with Crippen LogP contribution in [0.25, 0.3) is 0 Å². The molecule has 1 amide bonds. The number of para-hydroxylation sites is 2. The third kappa shape index (κ3) is 5.10. The molecule has 3 aromatic carbocycles. The van der Waals surface area contributed by atoms with Crippen LogP contribution < -0.4 is 9.80 Å². The average Bonchev–Trinajstić information content (AvgIpc) is 2.90. The van der Waals surface area contributed by atoms with E-state index in [2.05, 4.69) is 4.40 Å². The van der Waals surface area contributed by atoms with Gasteiger partial charge in [0.25, 0.3) is 10.0 Å². The Morgan fingerprint density at radius 2 is 1.50 bits per heavy atom. The standard InChI is InChI=1S/C26H25FN4O3S2/c27-21-10-4-5-11-22(21)29-14-16-30(17-15-29)25(32)19-35-26-28-36(33,34)24-13-7-6-12-23(24)31(26)18-20-8-2-1-3-9-20/h1-13H,14-19H2. The number of nitrogens with zero attached hydrogens (tertiary/aromatic N) is 4. The number of sulfonamides is 1. The maximum atomic E-state index is 14.1. The monoisotopic (exact) mass is 524 g/mol. The molecule has 10 heteroatoms. The van der Waals surface area contributed by atoms with Crippen molar-refractivity contribution in [1.82, 2.24) is 4.90 Å². The smallest absolute Gasteiger partial charge is 0.286 e. The second kappa shape index (κ2) is 10.3. The molecule has 2 heterocycles. The quantitative estimate of drug-likeness (QED) is 0.503. The summed E-state index contributed by atoms with van der Waals surface area (Å²) in [5.41, 5.74) is 2.08. The van der Waals surface area contributed by atoms with Gasteiger partial charge in [0.05, 0.1) is 23.7 Å². The molecule has 7 nitrogen and oxygen atoms in total. The number of carbonyl (C=O) groups is 1. The van der Waals surface area contributed by atoms with E-state index in [1.54, 1.807) is 47.4 Å². The van der Waals surface area contributed by atoms with Crippen LogP contribution >= 0.6 is 11.8 Å². The number of halogens is 1. The fourth-order valence-corrected chi connectivity index (χ4v) is 6.70. The Labute approximate surface area is 214 Å². The number of thioether (sulfide) groups is 1. The minimum Gasteiger partial charge on any atom is -0.366 e. The molecule has 0 unspecified atom stereocenters. The maximum absolute atomic E-state index is 14.1. The molecule has 186 valence electrons. The van der Waals surface area contributed by atoms with E-state index >= 15 is 0 Å². The lowest BCUT2D eigenvalue weighted by Crippen LogP contribution is -2.49. The summed E-state index contributed by atoms with van der Waals surface area (Å²) in [5.74, 6) is -0.323. The number of carbonyl (C=O) groups excluding carboxylic acids is 1. The molecular weight excluding hydrogens is 499 g/mol. The molecule has 0 aliphatic carbocycles. The van der Waals surface area contributed by atoms with E-state index in [9.17, 15) is 17.6 Å². The van der Waals surface area contributed by atoms with Crippen molar-refractivity contribution in [2.24, 2.45) is 4.40 Å². The van der Waals surface area contributed by atoms with Crippen molar-refractivity contribution in [1.29, 1.82) is 0 Å². The van der Waals surface area contributed by atoms with Gasteiger partial charge in [0.15, 0.2) is 5.17 Å².